The first-order valence-corrected chi connectivity index (χ1v) is 6.21. The molecule has 1 atom stereocenters. The average molecular weight is 248 g/mol. The van der Waals surface area contributed by atoms with E-state index in [1.54, 1.807) is 25.1 Å². The molecule has 18 heavy (non-hydrogen) atoms. The highest BCUT2D eigenvalue weighted by atomic mass is 16.3. The molecule has 2 rings (SSSR count). The fraction of sp³-hybridized carbons (Fsp3) is 0.500. The number of hydrogen-bond acceptors (Lipinski definition) is 3. The normalized spacial score (nSPS) is 17.9. The molecule has 4 heteroatoms. The van der Waals surface area contributed by atoms with Crippen molar-refractivity contribution in [1.29, 1.82) is 0 Å². The molecule has 0 aromatic heterocycles. The van der Waals surface area contributed by atoms with E-state index < -0.39 is 0 Å². The van der Waals surface area contributed by atoms with Crippen LogP contribution < -0.4 is 0 Å². The van der Waals surface area contributed by atoms with Crippen molar-refractivity contribution in [3.8, 4) is 5.75 Å². The second-order valence-electron chi connectivity index (χ2n) is 5.14. The van der Waals surface area contributed by atoms with Crippen LogP contribution >= 0.6 is 0 Å². The van der Waals surface area contributed by atoms with Gasteiger partial charge in [0.1, 0.15) is 5.75 Å². The van der Waals surface area contributed by atoms with E-state index in [0.717, 1.165) is 12.8 Å². The van der Waals surface area contributed by atoms with Gasteiger partial charge in [0, 0.05) is 20.1 Å². The van der Waals surface area contributed by atoms with Crippen LogP contribution in [0.15, 0.2) is 18.2 Å². The van der Waals surface area contributed by atoms with Crippen molar-refractivity contribution in [2.75, 3.05) is 27.7 Å². The van der Waals surface area contributed by atoms with Gasteiger partial charge < -0.3 is 10.0 Å². The zero-order valence-corrected chi connectivity index (χ0v) is 11.2. The lowest BCUT2D eigenvalue weighted by Crippen LogP contribution is -2.35. The summed E-state index contributed by atoms with van der Waals surface area (Å²) in [5.74, 6) is 0.436. The highest BCUT2D eigenvalue weighted by molar-refractivity contribution is 5.77. The van der Waals surface area contributed by atoms with E-state index in [1.807, 2.05) is 19.2 Å². The van der Waals surface area contributed by atoms with Crippen LogP contribution in [0.5, 0.6) is 5.75 Å². The molecule has 0 spiro atoms. The van der Waals surface area contributed by atoms with Gasteiger partial charge in [0.2, 0.25) is 5.91 Å². The maximum atomic E-state index is 11.7. The van der Waals surface area contributed by atoms with E-state index in [2.05, 4.69) is 4.90 Å². The van der Waals surface area contributed by atoms with E-state index in [0.29, 0.717) is 12.3 Å². The summed E-state index contributed by atoms with van der Waals surface area (Å²) in [6.45, 7) is 0.429. The highest BCUT2D eigenvalue weighted by Crippen LogP contribution is 2.36. The highest BCUT2D eigenvalue weighted by Gasteiger charge is 2.27. The number of aromatic hydroxyl groups is 1. The SMILES string of the molecule is CN(C)C(=O)CN(C)C1CCc2cc(O)ccc21. The van der Waals surface area contributed by atoms with Crippen molar-refractivity contribution in [2.24, 2.45) is 0 Å². The second kappa shape index (κ2) is 4.98. The lowest BCUT2D eigenvalue weighted by molar-refractivity contribution is -0.130. The van der Waals surface area contributed by atoms with Crippen molar-refractivity contribution >= 4 is 5.91 Å². The van der Waals surface area contributed by atoms with Crippen LogP contribution in [0.4, 0.5) is 0 Å². The van der Waals surface area contributed by atoms with Crippen molar-refractivity contribution < 1.29 is 9.90 Å². The van der Waals surface area contributed by atoms with E-state index >= 15 is 0 Å². The molecule has 0 heterocycles. The third kappa shape index (κ3) is 2.48. The van der Waals surface area contributed by atoms with Gasteiger partial charge in [0.15, 0.2) is 0 Å². The topological polar surface area (TPSA) is 43.8 Å². The predicted octanol–water partition coefficient (Wildman–Crippen LogP) is 1.40. The summed E-state index contributed by atoms with van der Waals surface area (Å²) in [7, 11) is 5.53. The molecular formula is C14H20N2O2. The summed E-state index contributed by atoms with van der Waals surface area (Å²) in [4.78, 5) is 15.4. The van der Waals surface area contributed by atoms with Crippen molar-refractivity contribution in [2.45, 2.75) is 18.9 Å². The average Bonchev–Trinajstić information content (AvgIpc) is 2.71. The molecule has 0 bridgehead atoms. The van der Waals surface area contributed by atoms with E-state index in [9.17, 15) is 9.90 Å². The largest absolute Gasteiger partial charge is 0.508 e. The first-order valence-electron chi connectivity index (χ1n) is 6.21. The molecule has 0 saturated carbocycles. The van der Waals surface area contributed by atoms with Crippen LogP contribution in [0, 0.1) is 0 Å². The minimum atomic E-state index is 0.115. The Labute approximate surface area is 108 Å². The number of phenolic OH excluding ortho intramolecular Hbond substituents is 1. The first-order chi connectivity index (χ1) is 8.49. The number of aryl methyl sites for hydroxylation is 1. The molecule has 1 aliphatic carbocycles. The Hall–Kier alpha value is -1.55. The minimum Gasteiger partial charge on any atom is -0.508 e. The maximum Gasteiger partial charge on any atom is 0.236 e. The summed E-state index contributed by atoms with van der Waals surface area (Å²) in [5.41, 5.74) is 2.44. The molecule has 1 amide bonds. The van der Waals surface area contributed by atoms with Gasteiger partial charge in [-0.3, -0.25) is 9.69 Å². The fourth-order valence-electron chi connectivity index (χ4n) is 2.50. The number of nitrogens with zero attached hydrogens (tertiary/aromatic N) is 2. The van der Waals surface area contributed by atoms with Crippen molar-refractivity contribution in [1.82, 2.24) is 9.80 Å². The monoisotopic (exact) mass is 248 g/mol. The minimum absolute atomic E-state index is 0.115. The van der Waals surface area contributed by atoms with Crippen LogP contribution in [0.2, 0.25) is 0 Å². The molecule has 0 radical (unpaired) electrons. The van der Waals surface area contributed by atoms with Gasteiger partial charge in [0.25, 0.3) is 0 Å². The molecule has 1 N–H and O–H groups in total. The Balaban J connectivity index is 2.11. The molecule has 1 aromatic carbocycles. The summed E-state index contributed by atoms with van der Waals surface area (Å²) >= 11 is 0. The van der Waals surface area contributed by atoms with E-state index in [-0.39, 0.29) is 11.9 Å². The number of carbonyl (C=O) groups is 1. The molecule has 0 aliphatic heterocycles. The molecule has 0 fully saturated rings. The van der Waals surface area contributed by atoms with Crippen molar-refractivity contribution in [3.05, 3.63) is 29.3 Å². The molecule has 4 nitrogen and oxygen atoms in total. The number of fused-ring (bicyclic) bond motifs is 1. The standard InChI is InChI=1S/C14H20N2O2/c1-15(2)14(18)9-16(3)13-7-4-10-8-11(17)5-6-12(10)13/h5-6,8,13,17H,4,7,9H2,1-3H3. The summed E-state index contributed by atoms with van der Waals surface area (Å²) < 4.78 is 0. The Kier molecular flexibility index (Phi) is 3.57. The van der Waals surface area contributed by atoms with Gasteiger partial charge in [-0.15, -0.1) is 0 Å². The number of phenols is 1. The van der Waals surface area contributed by atoms with Gasteiger partial charge in [-0.05, 0) is 43.1 Å². The van der Waals surface area contributed by atoms with Gasteiger partial charge >= 0.3 is 0 Å². The van der Waals surface area contributed by atoms with Gasteiger partial charge in [0.05, 0.1) is 6.54 Å². The zero-order chi connectivity index (χ0) is 13.3. The zero-order valence-electron chi connectivity index (χ0n) is 11.2. The van der Waals surface area contributed by atoms with Gasteiger partial charge in [-0.1, -0.05) is 6.07 Å². The first kappa shape index (κ1) is 12.9. The number of rotatable bonds is 3. The Morgan fingerprint density at radius 2 is 2.11 bits per heavy atom. The lowest BCUT2D eigenvalue weighted by Gasteiger charge is -2.25. The third-order valence-electron chi connectivity index (χ3n) is 3.59. The van der Waals surface area contributed by atoms with E-state index in [1.165, 1.54) is 11.1 Å². The number of benzene rings is 1. The second-order valence-corrected chi connectivity index (χ2v) is 5.14. The summed E-state index contributed by atoms with van der Waals surface area (Å²) in [6, 6.07) is 5.80. The lowest BCUT2D eigenvalue weighted by atomic mass is 10.1. The Morgan fingerprint density at radius 1 is 1.39 bits per heavy atom. The van der Waals surface area contributed by atoms with Crippen LogP contribution in [0.1, 0.15) is 23.6 Å². The van der Waals surface area contributed by atoms with E-state index in [4.69, 9.17) is 0 Å². The Morgan fingerprint density at radius 3 is 2.78 bits per heavy atom. The van der Waals surface area contributed by atoms with Crippen LogP contribution in [0.25, 0.3) is 0 Å². The molecule has 1 aliphatic rings. The molecule has 0 saturated heterocycles. The number of likely N-dealkylation sites (N-methyl/N-ethyl adjacent to an activating group) is 2. The summed E-state index contributed by atoms with van der Waals surface area (Å²) in [6.07, 6.45) is 1.98. The summed E-state index contributed by atoms with van der Waals surface area (Å²) in [5, 5.41) is 9.47. The van der Waals surface area contributed by atoms with Gasteiger partial charge in [-0.25, -0.2) is 0 Å². The van der Waals surface area contributed by atoms with Crippen LogP contribution in [-0.4, -0.2) is 48.5 Å². The molecule has 1 unspecified atom stereocenters. The molecular weight excluding hydrogens is 228 g/mol. The number of hydrogen-bond donors (Lipinski definition) is 1. The molecule has 98 valence electrons. The quantitative estimate of drug-likeness (QED) is 0.879. The molecule has 1 aromatic rings. The number of carbonyl (C=O) groups excluding carboxylic acids is 1. The maximum absolute atomic E-state index is 11.7. The smallest absolute Gasteiger partial charge is 0.236 e. The predicted molar refractivity (Wildman–Crippen MR) is 70.5 cm³/mol. The number of amides is 1. The third-order valence-corrected chi connectivity index (χ3v) is 3.59. The van der Waals surface area contributed by atoms with Crippen LogP contribution in [0.3, 0.4) is 0 Å². The fourth-order valence-corrected chi connectivity index (χ4v) is 2.50. The van der Waals surface area contributed by atoms with Crippen molar-refractivity contribution in [3.63, 3.8) is 0 Å². The Bertz CT molecular complexity index is 457. The van der Waals surface area contributed by atoms with Crippen LogP contribution in [-0.2, 0) is 11.2 Å². The van der Waals surface area contributed by atoms with Gasteiger partial charge in [-0.2, -0.15) is 0 Å².